The van der Waals surface area contributed by atoms with Crippen LogP contribution in [0.15, 0.2) is 58.7 Å². The Balaban J connectivity index is 1.67. The fraction of sp³-hybridized carbons (Fsp3) is 0. The zero-order valence-electron chi connectivity index (χ0n) is 12.7. The highest BCUT2D eigenvalue weighted by Gasteiger charge is 2.31. The summed E-state index contributed by atoms with van der Waals surface area (Å²) in [5.41, 5.74) is 0.991. The van der Waals surface area contributed by atoms with Gasteiger partial charge in [-0.1, -0.05) is 23.7 Å². The number of phenols is 2. The van der Waals surface area contributed by atoms with Crippen molar-refractivity contribution in [3.8, 4) is 28.6 Å². The number of hydrogen-bond acceptors (Lipinski definition) is 5. The highest BCUT2D eigenvalue weighted by atomic mass is 35.5. The molecule has 2 heterocycles. The lowest BCUT2D eigenvalue weighted by molar-refractivity contribution is 0.101. The third-order valence-electron chi connectivity index (χ3n) is 3.80. The number of benzene rings is 2. The van der Waals surface area contributed by atoms with Gasteiger partial charge in [-0.05, 0) is 36.4 Å². The fourth-order valence-corrected chi connectivity index (χ4v) is 2.77. The van der Waals surface area contributed by atoms with Crippen molar-refractivity contribution in [1.29, 1.82) is 0 Å². The summed E-state index contributed by atoms with van der Waals surface area (Å²) in [6.07, 6.45) is 1.44. The van der Waals surface area contributed by atoms with Gasteiger partial charge in [-0.15, -0.1) is 0 Å². The first-order chi connectivity index (χ1) is 12.0. The van der Waals surface area contributed by atoms with Crippen LogP contribution in [0.25, 0.3) is 17.4 Å². The number of halogens is 1. The Labute approximate surface area is 147 Å². The molecule has 0 aliphatic carbocycles. The number of ether oxygens (including phenoxy) is 1. The molecule has 2 aromatic carbocycles. The first-order valence-electron chi connectivity index (χ1n) is 7.38. The summed E-state index contributed by atoms with van der Waals surface area (Å²) in [5.74, 6) is -0.262. The van der Waals surface area contributed by atoms with E-state index in [0.29, 0.717) is 16.5 Å². The van der Waals surface area contributed by atoms with Crippen molar-refractivity contribution in [3.05, 3.63) is 70.6 Å². The van der Waals surface area contributed by atoms with Gasteiger partial charge in [0, 0.05) is 16.7 Å². The fourth-order valence-electron chi connectivity index (χ4n) is 2.58. The Morgan fingerprint density at radius 1 is 1.04 bits per heavy atom. The summed E-state index contributed by atoms with van der Waals surface area (Å²) in [5, 5.41) is 19.9. The Bertz CT molecular complexity index is 1030. The predicted molar refractivity (Wildman–Crippen MR) is 91.9 cm³/mol. The molecule has 1 aliphatic rings. The van der Waals surface area contributed by atoms with Crippen LogP contribution >= 0.6 is 11.6 Å². The van der Waals surface area contributed by atoms with E-state index in [1.165, 1.54) is 18.2 Å². The molecule has 0 radical (unpaired) electrons. The predicted octanol–water partition coefficient (Wildman–Crippen LogP) is 4.63. The van der Waals surface area contributed by atoms with Gasteiger partial charge < -0.3 is 19.4 Å². The van der Waals surface area contributed by atoms with Crippen molar-refractivity contribution in [2.75, 3.05) is 0 Å². The van der Waals surface area contributed by atoms with Gasteiger partial charge in [-0.25, -0.2) is 0 Å². The molecular weight excluding hydrogens is 344 g/mol. The van der Waals surface area contributed by atoms with E-state index < -0.39 is 11.5 Å². The van der Waals surface area contributed by atoms with Crippen LogP contribution in [0.1, 0.15) is 16.1 Å². The number of furan rings is 1. The minimum absolute atomic E-state index is 0.00268. The molecule has 5 nitrogen and oxygen atoms in total. The number of Topliss-reactive ketones (excluding diaryl/α,β-unsaturated/α-hetero) is 1. The second-order valence-corrected chi connectivity index (χ2v) is 5.90. The second-order valence-electron chi connectivity index (χ2n) is 5.46. The molecule has 25 heavy (non-hydrogen) atoms. The molecule has 0 spiro atoms. The van der Waals surface area contributed by atoms with Gasteiger partial charge in [-0.3, -0.25) is 4.79 Å². The van der Waals surface area contributed by atoms with Crippen molar-refractivity contribution in [1.82, 2.24) is 0 Å². The molecule has 0 amide bonds. The molecule has 1 aromatic heterocycles. The van der Waals surface area contributed by atoms with Gasteiger partial charge in [0.2, 0.25) is 11.5 Å². The number of allylic oxidation sites excluding steroid dienone is 1. The summed E-state index contributed by atoms with van der Waals surface area (Å²) < 4.78 is 11.1. The summed E-state index contributed by atoms with van der Waals surface area (Å²) in [6, 6.07) is 13.3. The summed E-state index contributed by atoms with van der Waals surface area (Å²) in [6.45, 7) is 0. The minimum atomic E-state index is -0.465. The van der Waals surface area contributed by atoms with E-state index in [0.717, 1.165) is 5.56 Å². The van der Waals surface area contributed by atoms with Gasteiger partial charge >= 0.3 is 0 Å². The molecule has 0 saturated heterocycles. The van der Waals surface area contributed by atoms with Crippen LogP contribution in [0.3, 0.4) is 0 Å². The molecule has 0 atom stereocenters. The maximum absolute atomic E-state index is 12.3. The van der Waals surface area contributed by atoms with Crippen molar-refractivity contribution in [2.45, 2.75) is 0 Å². The van der Waals surface area contributed by atoms with E-state index >= 15 is 0 Å². The average Bonchev–Trinajstić information content (AvgIpc) is 3.18. The molecule has 0 unspecified atom stereocenters. The lowest BCUT2D eigenvalue weighted by atomic mass is 10.1. The average molecular weight is 355 g/mol. The summed E-state index contributed by atoms with van der Waals surface area (Å²) in [4.78, 5) is 12.3. The van der Waals surface area contributed by atoms with Crippen molar-refractivity contribution < 1.29 is 24.2 Å². The SMILES string of the molecule is O=C1C(=Cc2ccc(-c3cccc(Cl)c3)o2)Oc2c1ccc(O)c2O. The lowest BCUT2D eigenvalue weighted by Gasteiger charge is -2.02. The number of ketones is 1. The second kappa shape index (κ2) is 5.72. The number of hydrogen-bond donors (Lipinski definition) is 2. The van der Waals surface area contributed by atoms with Crippen molar-refractivity contribution >= 4 is 23.5 Å². The van der Waals surface area contributed by atoms with Crippen LogP contribution in [0.2, 0.25) is 5.02 Å². The molecule has 1 aliphatic heterocycles. The first-order valence-corrected chi connectivity index (χ1v) is 7.75. The van der Waals surface area contributed by atoms with Gasteiger partial charge in [0.05, 0.1) is 5.56 Å². The topological polar surface area (TPSA) is 79.9 Å². The molecule has 0 bridgehead atoms. The molecule has 2 N–H and O–H groups in total. The number of phenolic OH excluding ortho intramolecular Hbond substituents is 2. The number of fused-ring (bicyclic) bond motifs is 1. The third kappa shape index (κ3) is 2.64. The Kier molecular flexibility index (Phi) is 3.51. The Hall–Kier alpha value is -3.18. The van der Waals surface area contributed by atoms with E-state index in [-0.39, 0.29) is 22.8 Å². The Morgan fingerprint density at radius 3 is 2.68 bits per heavy atom. The van der Waals surface area contributed by atoms with Gasteiger partial charge in [0.15, 0.2) is 17.3 Å². The highest BCUT2D eigenvalue weighted by molar-refractivity contribution is 6.30. The normalized spacial score (nSPS) is 14.6. The maximum atomic E-state index is 12.3. The largest absolute Gasteiger partial charge is 0.504 e. The third-order valence-corrected chi connectivity index (χ3v) is 4.03. The van der Waals surface area contributed by atoms with Crippen molar-refractivity contribution in [3.63, 3.8) is 0 Å². The number of aromatic hydroxyl groups is 2. The molecule has 4 rings (SSSR count). The standard InChI is InChI=1S/C19H11ClO5/c20-11-3-1-2-10(8-11)15-7-4-12(24-15)9-16-17(22)13-5-6-14(21)18(23)19(13)25-16/h1-9,21,23H. The van der Waals surface area contributed by atoms with Crippen LogP contribution in [-0.4, -0.2) is 16.0 Å². The van der Waals surface area contributed by atoms with Crippen LogP contribution < -0.4 is 4.74 Å². The zero-order valence-corrected chi connectivity index (χ0v) is 13.4. The lowest BCUT2D eigenvalue weighted by Crippen LogP contribution is -1.97. The quantitative estimate of drug-likeness (QED) is 0.518. The molecule has 6 heteroatoms. The van der Waals surface area contributed by atoms with E-state index in [1.807, 2.05) is 12.1 Å². The highest BCUT2D eigenvalue weighted by Crippen LogP contribution is 2.44. The van der Waals surface area contributed by atoms with Crippen LogP contribution in [0.4, 0.5) is 0 Å². The van der Waals surface area contributed by atoms with E-state index in [4.69, 9.17) is 20.8 Å². The minimum Gasteiger partial charge on any atom is -0.504 e. The monoisotopic (exact) mass is 354 g/mol. The Morgan fingerprint density at radius 2 is 1.88 bits per heavy atom. The summed E-state index contributed by atoms with van der Waals surface area (Å²) >= 11 is 5.97. The summed E-state index contributed by atoms with van der Waals surface area (Å²) in [7, 11) is 0. The van der Waals surface area contributed by atoms with Crippen molar-refractivity contribution in [2.24, 2.45) is 0 Å². The number of carbonyl (C=O) groups excluding carboxylic acids is 1. The zero-order chi connectivity index (χ0) is 17.6. The van der Waals surface area contributed by atoms with E-state index in [1.54, 1.807) is 24.3 Å². The van der Waals surface area contributed by atoms with Gasteiger partial charge in [-0.2, -0.15) is 0 Å². The van der Waals surface area contributed by atoms with Crippen LogP contribution in [0, 0.1) is 0 Å². The molecule has 3 aromatic rings. The number of rotatable bonds is 2. The molecule has 124 valence electrons. The van der Waals surface area contributed by atoms with Crippen LogP contribution in [0.5, 0.6) is 17.2 Å². The molecule has 0 fully saturated rings. The smallest absolute Gasteiger partial charge is 0.232 e. The van der Waals surface area contributed by atoms with E-state index in [9.17, 15) is 15.0 Å². The maximum Gasteiger partial charge on any atom is 0.232 e. The van der Waals surface area contributed by atoms with Gasteiger partial charge in [0.25, 0.3) is 0 Å². The molecular formula is C19H11ClO5. The van der Waals surface area contributed by atoms with Gasteiger partial charge in [0.1, 0.15) is 11.5 Å². The molecule has 0 saturated carbocycles. The van der Waals surface area contributed by atoms with Crippen LogP contribution in [-0.2, 0) is 0 Å². The van der Waals surface area contributed by atoms with E-state index in [2.05, 4.69) is 0 Å². The first kappa shape index (κ1) is 15.4. The number of carbonyl (C=O) groups is 1.